The molecular formula is C16H20N2O4. The number of aliphatic hydroxyl groups is 1. The van der Waals surface area contributed by atoms with Gasteiger partial charge in [0.2, 0.25) is 0 Å². The zero-order valence-corrected chi connectivity index (χ0v) is 12.6. The van der Waals surface area contributed by atoms with Gasteiger partial charge in [0, 0.05) is 25.3 Å². The van der Waals surface area contributed by atoms with Crippen molar-refractivity contribution in [2.75, 3.05) is 19.7 Å². The summed E-state index contributed by atoms with van der Waals surface area (Å²) in [6, 6.07) is 4.54. The van der Waals surface area contributed by atoms with Crippen LogP contribution >= 0.6 is 0 Å². The molecule has 22 heavy (non-hydrogen) atoms. The van der Waals surface area contributed by atoms with Crippen LogP contribution in [0.5, 0.6) is 0 Å². The molecule has 118 valence electrons. The SMILES string of the molecule is CCCCN1C(=O)c2ccc(C(=O)NCCCO)cc2C1=O. The van der Waals surface area contributed by atoms with E-state index in [-0.39, 0.29) is 29.9 Å². The second-order valence-electron chi connectivity index (χ2n) is 5.21. The monoisotopic (exact) mass is 304 g/mol. The Morgan fingerprint density at radius 1 is 1.18 bits per heavy atom. The highest BCUT2D eigenvalue weighted by Gasteiger charge is 2.35. The summed E-state index contributed by atoms with van der Waals surface area (Å²) < 4.78 is 0. The minimum atomic E-state index is -0.335. The van der Waals surface area contributed by atoms with Crippen molar-refractivity contribution in [1.29, 1.82) is 0 Å². The molecule has 0 radical (unpaired) electrons. The maximum absolute atomic E-state index is 12.3. The highest BCUT2D eigenvalue weighted by molar-refractivity contribution is 6.22. The number of nitrogens with zero attached hydrogens (tertiary/aromatic N) is 1. The number of fused-ring (bicyclic) bond motifs is 1. The molecule has 0 aliphatic carbocycles. The molecule has 0 saturated heterocycles. The lowest BCUT2D eigenvalue weighted by Crippen LogP contribution is -2.30. The van der Waals surface area contributed by atoms with Crippen molar-refractivity contribution in [1.82, 2.24) is 10.2 Å². The summed E-state index contributed by atoms with van der Waals surface area (Å²) in [7, 11) is 0. The van der Waals surface area contributed by atoms with Crippen molar-refractivity contribution < 1.29 is 19.5 Å². The van der Waals surface area contributed by atoms with E-state index in [1.165, 1.54) is 17.0 Å². The molecule has 0 aromatic heterocycles. The van der Waals surface area contributed by atoms with E-state index in [4.69, 9.17) is 5.11 Å². The summed E-state index contributed by atoms with van der Waals surface area (Å²) in [5.74, 6) is -0.942. The molecule has 1 aliphatic heterocycles. The van der Waals surface area contributed by atoms with Crippen LogP contribution in [-0.2, 0) is 0 Å². The van der Waals surface area contributed by atoms with Gasteiger partial charge in [-0.3, -0.25) is 19.3 Å². The van der Waals surface area contributed by atoms with Gasteiger partial charge < -0.3 is 10.4 Å². The number of hydrogen-bond acceptors (Lipinski definition) is 4. The molecule has 0 fully saturated rings. The van der Waals surface area contributed by atoms with Crippen LogP contribution in [0, 0.1) is 0 Å². The largest absolute Gasteiger partial charge is 0.396 e. The van der Waals surface area contributed by atoms with Crippen LogP contribution in [0.3, 0.4) is 0 Å². The average molecular weight is 304 g/mol. The first-order valence-electron chi connectivity index (χ1n) is 7.49. The van der Waals surface area contributed by atoms with E-state index in [1.54, 1.807) is 6.07 Å². The fraction of sp³-hybridized carbons (Fsp3) is 0.438. The van der Waals surface area contributed by atoms with Crippen LogP contribution in [0.2, 0.25) is 0 Å². The normalized spacial score (nSPS) is 13.5. The zero-order chi connectivity index (χ0) is 16.1. The van der Waals surface area contributed by atoms with Crippen LogP contribution in [0.15, 0.2) is 18.2 Å². The van der Waals surface area contributed by atoms with Crippen molar-refractivity contribution in [3.8, 4) is 0 Å². The standard InChI is InChI=1S/C16H20N2O4/c1-2-3-8-18-15(21)12-6-5-11(10-13(12)16(18)22)14(20)17-7-4-9-19/h5-6,10,19H,2-4,7-9H2,1H3,(H,17,20). The Kier molecular flexibility index (Phi) is 5.27. The third kappa shape index (κ3) is 3.17. The molecule has 3 amide bonds. The highest BCUT2D eigenvalue weighted by atomic mass is 16.3. The van der Waals surface area contributed by atoms with Gasteiger partial charge >= 0.3 is 0 Å². The highest BCUT2D eigenvalue weighted by Crippen LogP contribution is 2.24. The fourth-order valence-electron chi connectivity index (χ4n) is 2.33. The molecule has 2 rings (SSSR count). The Morgan fingerprint density at radius 3 is 2.59 bits per heavy atom. The zero-order valence-electron chi connectivity index (χ0n) is 12.6. The predicted octanol–water partition coefficient (Wildman–Crippen LogP) is 1.19. The lowest BCUT2D eigenvalue weighted by molar-refractivity contribution is 0.0652. The van der Waals surface area contributed by atoms with Crippen molar-refractivity contribution in [2.24, 2.45) is 0 Å². The molecule has 1 aromatic rings. The maximum Gasteiger partial charge on any atom is 0.261 e. The quantitative estimate of drug-likeness (QED) is 0.585. The number of carbonyl (C=O) groups excluding carboxylic acids is 3. The molecule has 1 aliphatic rings. The second kappa shape index (κ2) is 7.17. The molecule has 0 unspecified atom stereocenters. The molecule has 2 N–H and O–H groups in total. The molecule has 6 heteroatoms. The van der Waals surface area contributed by atoms with E-state index in [2.05, 4.69) is 5.32 Å². The molecule has 0 bridgehead atoms. The summed E-state index contributed by atoms with van der Waals surface area (Å²) in [5.41, 5.74) is 0.985. The van der Waals surface area contributed by atoms with Gasteiger partial charge in [0.1, 0.15) is 0 Å². The number of amides is 3. The van der Waals surface area contributed by atoms with E-state index in [1.807, 2.05) is 6.92 Å². The van der Waals surface area contributed by atoms with Gasteiger partial charge in [-0.05, 0) is 31.0 Å². The first kappa shape index (κ1) is 16.2. The van der Waals surface area contributed by atoms with Crippen LogP contribution in [0.25, 0.3) is 0 Å². The molecule has 0 atom stereocenters. The Balaban J connectivity index is 2.16. The summed E-state index contributed by atoms with van der Waals surface area (Å²) in [6.45, 7) is 2.76. The molecular weight excluding hydrogens is 284 g/mol. The van der Waals surface area contributed by atoms with Gasteiger partial charge in [-0.25, -0.2) is 0 Å². The number of rotatable bonds is 7. The first-order valence-corrected chi connectivity index (χ1v) is 7.49. The first-order chi connectivity index (χ1) is 10.6. The number of hydrogen-bond donors (Lipinski definition) is 2. The van der Waals surface area contributed by atoms with Gasteiger partial charge in [-0.2, -0.15) is 0 Å². The van der Waals surface area contributed by atoms with Gasteiger partial charge in [0.25, 0.3) is 17.7 Å². The van der Waals surface area contributed by atoms with Crippen molar-refractivity contribution in [3.63, 3.8) is 0 Å². The van der Waals surface area contributed by atoms with Crippen LogP contribution in [-0.4, -0.2) is 47.4 Å². The van der Waals surface area contributed by atoms with E-state index >= 15 is 0 Å². The van der Waals surface area contributed by atoms with Crippen LogP contribution in [0.4, 0.5) is 0 Å². The van der Waals surface area contributed by atoms with Crippen molar-refractivity contribution in [2.45, 2.75) is 26.2 Å². The molecule has 0 spiro atoms. The number of aliphatic hydroxyl groups excluding tert-OH is 1. The summed E-state index contributed by atoms with van der Waals surface area (Å²) in [4.78, 5) is 37.7. The Morgan fingerprint density at radius 2 is 1.91 bits per heavy atom. The summed E-state index contributed by atoms with van der Waals surface area (Å²) in [6.07, 6.45) is 2.13. The van der Waals surface area contributed by atoms with Crippen LogP contribution < -0.4 is 5.32 Å². The third-order valence-corrected chi connectivity index (χ3v) is 3.59. The molecule has 1 aromatic carbocycles. The minimum absolute atomic E-state index is 0.00381. The topological polar surface area (TPSA) is 86.7 Å². The summed E-state index contributed by atoms with van der Waals surface area (Å²) >= 11 is 0. The van der Waals surface area contributed by atoms with Gasteiger partial charge in [0.05, 0.1) is 11.1 Å². The van der Waals surface area contributed by atoms with Gasteiger partial charge in [0.15, 0.2) is 0 Å². The van der Waals surface area contributed by atoms with E-state index in [9.17, 15) is 14.4 Å². The predicted molar refractivity (Wildman–Crippen MR) is 80.8 cm³/mol. The lowest BCUT2D eigenvalue weighted by atomic mass is 10.1. The van der Waals surface area contributed by atoms with Crippen molar-refractivity contribution in [3.05, 3.63) is 34.9 Å². The average Bonchev–Trinajstić information content (AvgIpc) is 2.76. The number of unbranched alkanes of at least 4 members (excludes halogenated alkanes) is 1. The molecule has 0 saturated carbocycles. The Labute approximate surface area is 129 Å². The number of imide groups is 1. The number of nitrogens with one attached hydrogen (secondary N) is 1. The Hall–Kier alpha value is -2.21. The molecule has 1 heterocycles. The van der Waals surface area contributed by atoms with E-state index < -0.39 is 0 Å². The van der Waals surface area contributed by atoms with E-state index in [0.717, 1.165) is 12.8 Å². The van der Waals surface area contributed by atoms with Crippen molar-refractivity contribution >= 4 is 17.7 Å². The Bertz CT molecular complexity index is 598. The number of benzene rings is 1. The lowest BCUT2D eigenvalue weighted by Gasteiger charge is -2.12. The smallest absolute Gasteiger partial charge is 0.261 e. The minimum Gasteiger partial charge on any atom is -0.396 e. The number of carbonyl (C=O) groups is 3. The van der Waals surface area contributed by atoms with Gasteiger partial charge in [-0.1, -0.05) is 13.3 Å². The summed E-state index contributed by atoms with van der Waals surface area (Å²) in [5, 5.41) is 11.4. The van der Waals surface area contributed by atoms with Gasteiger partial charge in [-0.15, -0.1) is 0 Å². The molecule has 6 nitrogen and oxygen atoms in total. The second-order valence-corrected chi connectivity index (χ2v) is 5.21. The third-order valence-electron chi connectivity index (χ3n) is 3.59. The fourth-order valence-corrected chi connectivity index (χ4v) is 2.33. The van der Waals surface area contributed by atoms with E-state index in [0.29, 0.717) is 30.6 Å². The maximum atomic E-state index is 12.3. The van der Waals surface area contributed by atoms with Crippen LogP contribution in [0.1, 0.15) is 57.3 Å².